The highest BCUT2D eigenvalue weighted by atomic mass is 15.1. The number of hydrogen-bond acceptors (Lipinski definition) is 1. The van der Waals surface area contributed by atoms with E-state index < -0.39 is 0 Å². The van der Waals surface area contributed by atoms with Crippen LogP contribution in [0.4, 0.5) is 5.69 Å². The molecule has 3 nitrogen and oxygen atoms in total. The third kappa shape index (κ3) is 3.79. The molecule has 0 spiro atoms. The van der Waals surface area contributed by atoms with Crippen LogP contribution < -0.4 is 0 Å². The molecule has 0 aromatic heterocycles. The Balaban J connectivity index is 2.22. The molecule has 0 amide bonds. The van der Waals surface area contributed by atoms with E-state index in [2.05, 4.69) is 65.5 Å². The fourth-order valence-electron chi connectivity index (χ4n) is 3.03. The van der Waals surface area contributed by atoms with E-state index in [-0.39, 0.29) is 0 Å². The van der Waals surface area contributed by atoms with E-state index in [1.54, 1.807) is 0 Å². The zero-order valence-electron chi connectivity index (χ0n) is 14.1. The van der Waals surface area contributed by atoms with Gasteiger partial charge in [0.1, 0.15) is 0 Å². The van der Waals surface area contributed by atoms with Gasteiger partial charge in [0.25, 0.3) is 0 Å². The van der Waals surface area contributed by atoms with Crippen molar-refractivity contribution in [1.29, 1.82) is 0 Å². The molecule has 0 aliphatic rings. The van der Waals surface area contributed by atoms with E-state index in [1.807, 2.05) is 36.4 Å². The molecule has 3 rings (SSSR count). The second kappa shape index (κ2) is 8.00. The largest absolute Gasteiger partial charge is 0.0622 e. The Kier molecular flexibility index (Phi) is 5.30. The minimum absolute atomic E-state index is 0.622. The molecule has 3 aromatic carbocycles. The van der Waals surface area contributed by atoms with Crippen molar-refractivity contribution >= 4 is 16.8 Å². The Bertz CT molecular complexity index is 905. The fraction of sp³-hybridized carbons (Fsp3) is 0.0909. The lowest BCUT2D eigenvalue weighted by atomic mass is 9.88. The Morgan fingerprint density at radius 2 is 1.28 bits per heavy atom. The van der Waals surface area contributed by atoms with Crippen LogP contribution in [0.5, 0.6) is 0 Å². The van der Waals surface area contributed by atoms with Crippen molar-refractivity contribution < 1.29 is 0 Å². The Labute approximate surface area is 147 Å². The molecule has 0 saturated carbocycles. The highest BCUT2D eigenvalue weighted by Gasteiger charge is 2.12. The Morgan fingerprint density at radius 1 is 0.760 bits per heavy atom. The van der Waals surface area contributed by atoms with Crippen molar-refractivity contribution in [3.63, 3.8) is 0 Å². The van der Waals surface area contributed by atoms with Crippen LogP contribution in [-0.4, -0.2) is 0 Å². The van der Waals surface area contributed by atoms with E-state index in [9.17, 15) is 0 Å². The van der Waals surface area contributed by atoms with Gasteiger partial charge in [-0.05, 0) is 39.8 Å². The van der Waals surface area contributed by atoms with Gasteiger partial charge in [-0.15, -0.1) is 0 Å². The van der Waals surface area contributed by atoms with Crippen LogP contribution in [0.25, 0.3) is 21.6 Å². The molecule has 0 radical (unpaired) electrons. The molecule has 0 atom stereocenters. The van der Waals surface area contributed by atoms with Crippen molar-refractivity contribution in [1.82, 2.24) is 0 Å². The maximum atomic E-state index is 8.60. The summed E-state index contributed by atoms with van der Waals surface area (Å²) >= 11 is 0. The highest BCUT2D eigenvalue weighted by Crippen LogP contribution is 2.34. The molecule has 3 heteroatoms. The normalized spacial score (nSPS) is 11.4. The summed E-state index contributed by atoms with van der Waals surface area (Å²) in [5, 5.41) is 3.67. The summed E-state index contributed by atoms with van der Waals surface area (Å²) in [5.41, 5.74) is 15.2. The summed E-state index contributed by atoms with van der Waals surface area (Å²) in [7, 11) is 0. The summed E-state index contributed by atoms with van der Waals surface area (Å²) in [4.78, 5) is 2.85. The topological polar surface area (TPSA) is 48.8 Å². The second-order valence-electron chi connectivity index (χ2n) is 5.68. The summed E-state index contributed by atoms with van der Waals surface area (Å²) < 4.78 is 0. The van der Waals surface area contributed by atoms with Gasteiger partial charge in [0.05, 0.1) is 0 Å². The predicted octanol–water partition coefficient (Wildman–Crippen LogP) is 7.00. The van der Waals surface area contributed by atoms with Crippen LogP contribution >= 0.6 is 0 Å². The van der Waals surface area contributed by atoms with Gasteiger partial charge < -0.3 is 0 Å². The lowest BCUT2D eigenvalue weighted by Crippen LogP contribution is -1.94. The minimum atomic E-state index is 0.622. The monoisotopic (exact) mass is 325 g/mol. The zero-order valence-corrected chi connectivity index (χ0v) is 14.1. The summed E-state index contributed by atoms with van der Waals surface area (Å²) in [6.45, 7) is 2.18. The number of benzene rings is 3. The van der Waals surface area contributed by atoms with E-state index >= 15 is 0 Å². The maximum Gasteiger partial charge on any atom is 0.0375 e. The average molecular weight is 325 g/mol. The van der Waals surface area contributed by atoms with Crippen LogP contribution in [0.15, 0.2) is 90.0 Å². The zero-order chi connectivity index (χ0) is 17.5. The van der Waals surface area contributed by atoms with Gasteiger partial charge in [-0.25, -0.2) is 0 Å². The molecule has 0 fully saturated rings. The van der Waals surface area contributed by atoms with Gasteiger partial charge >= 0.3 is 0 Å². The van der Waals surface area contributed by atoms with E-state index in [0.717, 1.165) is 12.0 Å². The van der Waals surface area contributed by atoms with Crippen molar-refractivity contribution in [3.05, 3.63) is 112 Å². The van der Waals surface area contributed by atoms with Crippen molar-refractivity contribution in [2.45, 2.75) is 13.3 Å². The first kappa shape index (κ1) is 16.6. The lowest BCUT2D eigenvalue weighted by Gasteiger charge is -2.16. The van der Waals surface area contributed by atoms with Crippen LogP contribution in [0.2, 0.25) is 0 Å². The van der Waals surface area contributed by atoms with Gasteiger partial charge in [-0.1, -0.05) is 97.0 Å². The molecular weight excluding hydrogens is 306 g/mol. The standard InChI is InChI=1S/C22H19N3/c1-2-21(17-9-5-3-6-10-17)22(18-11-7-4-8-12-18)19-13-15-20(16-14-19)24-25-23/h3-16H,2H2,1H3/b22-21-. The number of rotatable bonds is 5. The molecule has 0 saturated heterocycles. The maximum absolute atomic E-state index is 8.60. The van der Waals surface area contributed by atoms with Gasteiger partial charge in [-0.3, -0.25) is 0 Å². The molecule has 0 bridgehead atoms. The van der Waals surface area contributed by atoms with Crippen molar-refractivity contribution in [3.8, 4) is 0 Å². The number of hydrogen-bond donors (Lipinski definition) is 0. The van der Waals surface area contributed by atoms with E-state index in [1.165, 1.54) is 22.3 Å². The van der Waals surface area contributed by atoms with Gasteiger partial charge in [0, 0.05) is 10.6 Å². The van der Waals surface area contributed by atoms with Gasteiger partial charge in [0.15, 0.2) is 0 Å². The van der Waals surface area contributed by atoms with Crippen LogP contribution in [-0.2, 0) is 0 Å². The first-order chi connectivity index (χ1) is 12.3. The fourth-order valence-corrected chi connectivity index (χ4v) is 3.03. The summed E-state index contributed by atoms with van der Waals surface area (Å²) in [6, 6.07) is 28.6. The second-order valence-corrected chi connectivity index (χ2v) is 5.68. The van der Waals surface area contributed by atoms with Crippen LogP contribution in [0, 0.1) is 0 Å². The minimum Gasteiger partial charge on any atom is -0.0622 e. The van der Waals surface area contributed by atoms with Gasteiger partial charge in [-0.2, -0.15) is 0 Å². The SMILES string of the molecule is CC/C(=C(\c1ccccc1)c1ccc(N=[N+]=[N-])cc1)c1ccccc1. The number of azide groups is 1. The summed E-state index contributed by atoms with van der Waals surface area (Å²) in [6.07, 6.45) is 0.923. The van der Waals surface area contributed by atoms with Crippen molar-refractivity contribution in [2.24, 2.45) is 5.11 Å². The average Bonchev–Trinajstić information content (AvgIpc) is 2.68. The molecule has 0 aliphatic carbocycles. The molecule has 3 aromatic rings. The first-order valence-electron chi connectivity index (χ1n) is 8.33. The van der Waals surface area contributed by atoms with Crippen LogP contribution in [0.3, 0.4) is 0 Å². The summed E-state index contributed by atoms with van der Waals surface area (Å²) in [5.74, 6) is 0. The molecule has 25 heavy (non-hydrogen) atoms. The lowest BCUT2D eigenvalue weighted by molar-refractivity contribution is 1.24. The smallest absolute Gasteiger partial charge is 0.0375 e. The first-order valence-corrected chi connectivity index (χ1v) is 8.33. The number of allylic oxidation sites excluding steroid dienone is 1. The molecule has 0 N–H and O–H groups in total. The van der Waals surface area contributed by atoms with Crippen molar-refractivity contribution in [2.75, 3.05) is 0 Å². The van der Waals surface area contributed by atoms with E-state index in [4.69, 9.17) is 5.53 Å². The Morgan fingerprint density at radius 3 is 1.80 bits per heavy atom. The van der Waals surface area contributed by atoms with E-state index in [0.29, 0.717) is 5.69 Å². The third-order valence-corrected chi connectivity index (χ3v) is 4.16. The molecule has 0 heterocycles. The Hall–Kier alpha value is -3.29. The molecule has 122 valence electrons. The number of nitrogens with zero attached hydrogens (tertiary/aromatic N) is 3. The van der Waals surface area contributed by atoms with Gasteiger partial charge in [0.2, 0.25) is 0 Å². The quantitative estimate of drug-likeness (QED) is 0.210. The third-order valence-electron chi connectivity index (χ3n) is 4.16. The molecular formula is C22H19N3. The molecule has 0 aliphatic heterocycles. The highest BCUT2D eigenvalue weighted by molar-refractivity contribution is 5.98. The van der Waals surface area contributed by atoms with Crippen LogP contribution in [0.1, 0.15) is 30.0 Å². The predicted molar refractivity (Wildman–Crippen MR) is 104 cm³/mol. The molecule has 0 unspecified atom stereocenters.